The summed E-state index contributed by atoms with van der Waals surface area (Å²) < 4.78 is 7.78. The molecular formula is C24H15BrCl2N4O2. The molecule has 4 aromatic rings. The van der Waals surface area contributed by atoms with Gasteiger partial charge in [-0.05, 0) is 48.9 Å². The molecular weight excluding hydrogens is 527 g/mol. The third kappa shape index (κ3) is 4.93. The van der Waals surface area contributed by atoms with Gasteiger partial charge >= 0.3 is 0 Å². The van der Waals surface area contributed by atoms with E-state index in [1.807, 2.05) is 12.1 Å². The molecule has 33 heavy (non-hydrogen) atoms. The predicted molar refractivity (Wildman–Crippen MR) is 133 cm³/mol. The van der Waals surface area contributed by atoms with Gasteiger partial charge in [-0.1, -0.05) is 57.3 Å². The summed E-state index contributed by atoms with van der Waals surface area (Å²) in [5.74, 6) is 0.744. The predicted octanol–water partition coefficient (Wildman–Crippen LogP) is 6.11. The smallest absolute Gasteiger partial charge is 0.282 e. The van der Waals surface area contributed by atoms with Gasteiger partial charge < -0.3 is 4.74 Å². The number of aryl methyl sites for hydroxylation is 1. The van der Waals surface area contributed by atoms with Crippen molar-refractivity contribution >= 4 is 56.2 Å². The second-order valence-electron chi connectivity index (χ2n) is 7.05. The number of hydrogen-bond donors (Lipinski definition) is 0. The zero-order valence-corrected chi connectivity index (χ0v) is 20.3. The first-order valence-corrected chi connectivity index (χ1v) is 11.3. The van der Waals surface area contributed by atoms with Crippen LogP contribution in [0, 0.1) is 18.3 Å². The number of hydrogen-bond acceptors (Lipinski definition) is 5. The van der Waals surface area contributed by atoms with Crippen LogP contribution in [-0.4, -0.2) is 15.9 Å². The fraction of sp³-hybridized carbons (Fsp3) is 0.0833. The van der Waals surface area contributed by atoms with Crippen molar-refractivity contribution in [2.75, 3.05) is 0 Å². The lowest BCUT2D eigenvalue weighted by Crippen LogP contribution is -2.20. The van der Waals surface area contributed by atoms with Gasteiger partial charge in [0, 0.05) is 10.0 Å². The topological polar surface area (TPSA) is 80.3 Å². The van der Waals surface area contributed by atoms with Crippen molar-refractivity contribution in [3.8, 4) is 11.8 Å². The Labute approximate surface area is 207 Å². The molecule has 0 radical (unpaired) electrons. The van der Waals surface area contributed by atoms with Crippen LogP contribution in [0.1, 0.15) is 22.5 Å². The molecule has 0 aliphatic carbocycles. The number of halogens is 3. The van der Waals surface area contributed by atoms with Crippen molar-refractivity contribution in [3.63, 3.8) is 0 Å². The first-order valence-electron chi connectivity index (χ1n) is 9.70. The first kappa shape index (κ1) is 23.0. The fourth-order valence-corrected chi connectivity index (χ4v) is 4.19. The molecule has 0 atom stereocenters. The van der Waals surface area contributed by atoms with E-state index in [9.17, 15) is 10.1 Å². The average Bonchev–Trinajstić information content (AvgIpc) is 2.79. The SMILES string of the molecule is Cc1nc2ccc(Br)cc2c(=O)n1N=Cc1cc(Cl)c(OCc2ccccc2C#N)c(Cl)c1. The van der Waals surface area contributed by atoms with Gasteiger partial charge in [0.2, 0.25) is 0 Å². The van der Waals surface area contributed by atoms with Gasteiger partial charge in [0.1, 0.15) is 12.4 Å². The van der Waals surface area contributed by atoms with Crippen molar-refractivity contribution in [2.45, 2.75) is 13.5 Å². The zero-order valence-electron chi connectivity index (χ0n) is 17.2. The molecule has 1 aromatic heterocycles. The van der Waals surface area contributed by atoms with E-state index in [0.717, 1.165) is 10.0 Å². The molecule has 4 rings (SSSR count). The molecule has 0 N–H and O–H groups in total. The summed E-state index contributed by atoms with van der Waals surface area (Å²) in [6, 6.07) is 17.8. The normalized spacial score (nSPS) is 11.1. The van der Waals surface area contributed by atoms with E-state index in [4.69, 9.17) is 27.9 Å². The van der Waals surface area contributed by atoms with Crippen LogP contribution in [-0.2, 0) is 6.61 Å². The van der Waals surface area contributed by atoms with Crippen LogP contribution in [0.4, 0.5) is 0 Å². The molecule has 1 heterocycles. The van der Waals surface area contributed by atoms with Crippen LogP contribution in [0.25, 0.3) is 10.9 Å². The molecule has 0 aliphatic heterocycles. The molecule has 0 unspecified atom stereocenters. The highest BCUT2D eigenvalue weighted by molar-refractivity contribution is 9.10. The Balaban J connectivity index is 1.61. The molecule has 3 aromatic carbocycles. The Morgan fingerprint density at radius 3 is 2.64 bits per heavy atom. The number of fused-ring (bicyclic) bond motifs is 1. The van der Waals surface area contributed by atoms with E-state index >= 15 is 0 Å². The largest absolute Gasteiger partial charge is 0.486 e. The average molecular weight is 542 g/mol. The van der Waals surface area contributed by atoms with Gasteiger partial charge in [0.25, 0.3) is 5.56 Å². The number of rotatable bonds is 5. The van der Waals surface area contributed by atoms with Crippen molar-refractivity contribution in [1.82, 2.24) is 9.66 Å². The Morgan fingerprint density at radius 1 is 1.18 bits per heavy atom. The van der Waals surface area contributed by atoms with Crippen molar-refractivity contribution < 1.29 is 4.74 Å². The summed E-state index contributed by atoms with van der Waals surface area (Å²) in [5, 5.41) is 14.5. The van der Waals surface area contributed by atoms with E-state index in [1.54, 1.807) is 49.4 Å². The quantitative estimate of drug-likeness (QED) is 0.285. The summed E-state index contributed by atoms with van der Waals surface area (Å²) >= 11 is 16.2. The Bertz CT molecular complexity index is 1490. The lowest BCUT2D eigenvalue weighted by Gasteiger charge is -2.12. The van der Waals surface area contributed by atoms with Gasteiger partial charge in [-0.2, -0.15) is 15.0 Å². The molecule has 0 saturated carbocycles. The molecule has 0 aliphatic rings. The summed E-state index contributed by atoms with van der Waals surface area (Å²) in [7, 11) is 0. The van der Waals surface area contributed by atoms with Crippen LogP contribution < -0.4 is 10.3 Å². The molecule has 0 bridgehead atoms. The molecule has 164 valence electrons. The third-order valence-corrected chi connectivity index (χ3v) is 5.88. The van der Waals surface area contributed by atoms with Crippen LogP contribution in [0.2, 0.25) is 10.0 Å². The Hall–Kier alpha value is -3.18. The Morgan fingerprint density at radius 2 is 1.91 bits per heavy atom. The Kier molecular flexibility index (Phi) is 6.80. The van der Waals surface area contributed by atoms with Gasteiger partial charge in [0.05, 0.1) is 38.8 Å². The zero-order chi connectivity index (χ0) is 23.5. The second kappa shape index (κ2) is 9.75. The summed E-state index contributed by atoms with van der Waals surface area (Å²) in [6.45, 7) is 1.85. The van der Waals surface area contributed by atoms with E-state index in [0.29, 0.717) is 33.6 Å². The lowest BCUT2D eigenvalue weighted by atomic mass is 10.1. The minimum absolute atomic E-state index is 0.142. The highest BCUT2D eigenvalue weighted by atomic mass is 79.9. The number of nitriles is 1. The second-order valence-corrected chi connectivity index (χ2v) is 8.78. The van der Waals surface area contributed by atoms with Crippen LogP contribution in [0.15, 0.2) is 69.0 Å². The molecule has 0 saturated heterocycles. The summed E-state index contributed by atoms with van der Waals surface area (Å²) in [6.07, 6.45) is 1.48. The molecule has 0 spiro atoms. The van der Waals surface area contributed by atoms with Crippen LogP contribution >= 0.6 is 39.1 Å². The van der Waals surface area contributed by atoms with Gasteiger partial charge in [-0.3, -0.25) is 4.79 Å². The monoisotopic (exact) mass is 540 g/mol. The number of nitrogens with zero attached hydrogens (tertiary/aromatic N) is 4. The molecule has 9 heteroatoms. The summed E-state index contributed by atoms with van der Waals surface area (Å²) in [5.41, 5.74) is 2.13. The number of benzene rings is 3. The van der Waals surface area contributed by atoms with E-state index in [-0.39, 0.29) is 22.2 Å². The molecule has 0 fully saturated rings. The molecule has 0 amide bonds. The van der Waals surface area contributed by atoms with Gasteiger partial charge in [-0.15, -0.1) is 0 Å². The van der Waals surface area contributed by atoms with Crippen molar-refractivity contribution in [3.05, 3.63) is 102 Å². The van der Waals surface area contributed by atoms with Crippen molar-refractivity contribution in [2.24, 2.45) is 5.10 Å². The standard InChI is InChI=1S/C24H15BrCl2N4O2/c1-14-30-22-7-6-18(25)10-19(22)24(32)31(14)29-12-15-8-20(26)23(21(27)9-15)33-13-17-5-3-2-4-16(17)11-28/h2-10,12H,13H2,1H3. The van der Waals surface area contributed by atoms with Crippen LogP contribution in [0.3, 0.4) is 0 Å². The summed E-state index contributed by atoms with van der Waals surface area (Å²) in [4.78, 5) is 17.3. The maximum absolute atomic E-state index is 12.9. The molecule has 6 nitrogen and oxygen atoms in total. The minimum Gasteiger partial charge on any atom is -0.486 e. The maximum Gasteiger partial charge on any atom is 0.282 e. The minimum atomic E-state index is -0.289. The fourth-order valence-electron chi connectivity index (χ4n) is 3.22. The lowest BCUT2D eigenvalue weighted by molar-refractivity contribution is 0.306. The highest BCUT2D eigenvalue weighted by Gasteiger charge is 2.12. The maximum atomic E-state index is 12.9. The van der Waals surface area contributed by atoms with Crippen molar-refractivity contribution in [1.29, 1.82) is 5.26 Å². The number of ether oxygens (including phenoxy) is 1. The number of aromatic nitrogens is 2. The van der Waals surface area contributed by atoms with Gasteiger partial charge in [0.15, 0.2) is 5.75 Å². The first-order chi connectivity index (χ1) is 15.9. The third-order valence-electron chi connectivity index (χ3n) is 4.82. The van der Waals surface area contributed by atoms with E-state index in [2.05, 4.69) is 32.1 Å². The van der Waals surface area contributed by atoms with Gasteiger partial charge in [-0.25, -0.2) is 4.98 Å². The highest BCUT2D eigenvalue weighted by Crippen LogP contribution is 2.34. The van der Waals surface area contributed by atoms with E-state index < -0.39 is 0 Å². The van der Waals surface area contributed by atoms with Crippen LogP contribution in [0.5, 0.6) is 5.75 Å². The van der Waals surface area contributed by atoms with E-state index in [1.165, 1.54) is 10.9 Å².